The molecule has 1 rings (SSSR count). The Bertz CT molecular complexity index is 492. The summed E-state index contributed by atoms with van der Waals surface area (Å²) < 4.78 is 15.8. The second-order valence-electron chi connectivity index (χ2n) is 5.40. The highest BCUT2D eigenvalue weighted by molar-refractivity contribution is 5.77. The zero-order chi connectivity index (χ0) is 18.3. The third-order valence-electron chi connectivity index (χ3n) is 3.49. The SMILES string of the molecule is CCOCCCN(CCC(=O)OCC)C(=O)CCOc1ccccc1. The lowest BCUT2D eigenvalue weighted by Crippen LogP contribution is -2.35. The summed E-state index contributed by atoms with van der Waals surface area (Å²) in [5.74, 6) is 0.423. The highest BCUT2D eigenvalue weighted by Gasteiger charge is 2.15. The summed E-state index contributed by atoms with van der Waals surface area (Å²) in [7, 11) is 0. The van der Waals surface area contributed by atoms with Crippen LogP contribution < -0.4 is 4.74 Å². The lowest BCUT2D eigenvalue weighted by atomic mass is 10.3. The van der Waals surface area contributed by atoms with Gasteiger partial charge in [0.15, 0.2) is 0 Å². The Labute approximate surface area is 150 Å². The van der Waals surface area contributed by atoms with E-state index in [0.717, 1.165) is 12.2 Å². The maximum Gasteiger partial charge on any atom is 0.307 e. The first kappa shape index (κ1) is 21.0. The first-order valence-electron chi connectivity index (χ1n) is 8.86. The number of nitrogens with zero attached hydrogens (tertiary/aromatic N) is 1. The Morgan fingerprint density at radius 1 is 0.960 bits per heavy atom. The molecule has 1 aromatic carbocycles. The van der Waals surface area contributed by atoms with Gasteiger partial charge in [0, 0.05) is 26.3 Å². The fraction of sp³-hybridized carbons (Fsp3) is 0.579. The molecule has 0 saturated carbocycles. The number of carbonyl (C=O) groups is 2. The largest absolute Gasteiger partial charge is 0.493 e. The maximum absolute atomic E-state index is 12.4. The van der Waals surface area contributed by atoms with E-state index in [1.807, 2.05) is 37.3 Å². The molecule has 0 spiro atoms. The number of esters is 1. The number of hydrogen-bond acceptors (Lipinski definition) is 5. The minimum absolute atomic E-state index is 0.0308. The Balaban J connectivity index is 2.41. The van der Waals surface area contributed by atoms with Crippen molar-refractivity contribution in [3.8, 4) is 5.75 Å². The third kappa shape index (κ3) is 9.72. The molecule has 0 aliphatic rings. The van der Waals surface area contributed by atoms with E-state index in [9.17, 15) is 9.59 Å². The normalized spacial score (nSPS) is 10.3. The first-order valence-corrected chi connectivity index (χ1v) is 8.86. The number of benzene rings is 1. The van der Waals surface area contributed by atoms with Crippen LogP contribution in [0.4, 0.5) is 0 Å². The first-order chi connectivity index (χ1) is 12.2. The molecule has 0 aromatic heterocycles. The van der Waals surface area contributed by atoms with Crippen molar-refractivity contribution in [1.29, 1.82) is 0 Å². The lowest BCUT2D eigenvalue weighted by Gasteiger charge is -2.22. The van der Waals surface area contributed by atoms with Gasteiger partial charge in [-0.15, -0.1) is 0 Å². The summed E-state index contributed by atoms with van der Waals surface area (Å²) in [5, 5.41) is 0. The van der Waals surface area contributed by atoms with E-state index >= 15 is 0 Å². The van der Waals surface area contributed by atoms with E-state index in [-0.39, 0.29) is 24.7 Å². The van der Waals surface area contributed by atoms with Crippen molar-refractivity contribution in [1.82, 2.24) is 4.90 Å². The van der Waals surface area contributed by atoms with Crippen LogP contribution in [0.25, 0.3) is 0 Å². The third-order valence-corrected chi connectivity index (χ3v) is 3.49. The number of para-hydroxylation sites is 1. The highest BCUT2D eigenvalue weighted by atomic mass is 16.5. The molecule has 0 bridgehead atoms. The molecule has 0 saturated heterocycles. The molecular formula is C19H29NO5. The Hall–Kier alpha value is -2.08. The molecule has 0 aliphatic carbocycles. The zero-order valence-electron chi connectivity index (χ0n) is 15.2. The molecule has 6 heteroatoms. The van der Waals surface area contributed by atoms with Crippen LogP contribution >= 0.6 is 0 Å². The molecule has 140 valence electrons. The van der Waals surface area contributed by atoms with Crippen LogP contribution in [0.15, 0.2) is 30.3 Å². The predicted molar refractivity (Wildman–Crippen MR) is 95.5 cm³/mol. The highest BCUT2D eigenvalue weighted by Crippen LogP contribution is 2.09. The molecule has 0 atom stereocenters. The van der Waals surface area contributed by atoms with Crippen molar-refractivity contribution in [2.24, 2.45) is 0 Å². The van der Waals surface area contributed by atoms with E-state index in [2.05, 4.69) is 0 Å². The molecule has 0 aliphatic heterocycles. The van der Waals surface area contributed by atoms with Crippen molar-refractivity contribution in [2.75, 3.05) is 39.5 Å². The quantitative estimate of drug-likeness (QED) is 0.404. The molecule has 0 fully saturated rings. The lowest BCUT2D eigenvalue weighted by molar-refractivity contribution is -0.144. The number of amides is 1. The number of carbonyl (C=O) groups excluding carboxylic acids is 2. The van der Waals surface area contributed by atoms with Crippen LogP contribution in [-0.2, 0) is 19.1 Å². The average molecular weight is 351 g/mol. The van der Waals surface area contributed by atoms with Gasteiger partial charge < -0.3 is 19.1 Å². The van der Waals surface area contributed by atoms with Gasteiger partial charge >= 0.3 is 5.97 Å². The summed E-state index contributed by atoms with van der Waals surface area (Å²) in [5.41, 5.74) is 0. The topological polar surface area (TPSA) is 65.1 Å². The van der Waals surface area contributed by atoms with Gasteiger partial charge in [-0.05, 0) is 32.4 Å². The van der Waals surface area contributed by atoms with Crippen LogP contribution in [-0.4, -0.2) is 56.3 Å². The van der Waals surface area contributed by atoms with E-state index in [4.69, 9.17) is 14.2 Å². The van der Waals surface area contributed by atoms with Crippen molar-refractivity contribution < 1.29 is 23.8 Å². The van der Waals surface area contributed by atoms with Gasteiger partial charge in [-0.25, -0.2) is 0 Å². The summed E-state index contributed by atoms with van der Waals surface area (Å²) in [6, 6.07) is 9.39. The van der Waals surface area contributed by atoms with Gasteiger partial charge in [0.2, 0.25) is 5.91 Å². The minimum atomic E-state index is -0.286. The summed E-state index contributed by atoms with van der Waals surface area (Å²) in [4.78, 5) is 25.6. The fourth-order valence-electron chi connectivity index (χ4n) is 2.25. The molecule has 1 amide bonds. The van der Waals surface area contributed by atoms with Crippen LogP contribution in [0, 0.1) is 0 Å². The molecular weight excluding hydrogens is 322 g/mol. The number of hydrogen-bond donors (Lipinski definition) is 0. The summed E-state index contributed by atoms with van der Waals surface area (Å²) >= 11 is 0. The number of rotatable bonds is 13. The Kier molecular flexibility index (Phi) is 11.1. The molecule has 0 radical (unpaired) electrons. The van der Waals surface area contributed by atoms with Gasteiger partial charge in [0.25, 0.3) is 0 Å². The van der Waals surface area contributed by atoms with Gasteiger partial charge in [0.05, 0.1) is 26.1 Å². The minimum Gasteiger partial charge on any atom is -0.493 e. The van der Waals surface area contributed by atoms with Crippen molar-refractivity contribution in [3.63, 3.8) is 0 Å². The zero-order valence-corrected chi connectivity index (χ0v) is 15.2. The molecule has 1 aromatic rings. The average Bonchev–Trinajstić information content (AvgIpc) is 2.62. The van der Waals surface area contributed by atoms with Gasteiger partial charge in [-0.2, -0.15) is 0 Å². The van der Waals surface area contributed by atoms with Crippen molar-refractivity contribution in [3.05, 3.63) is 30.3 Å². The second-order valence-corrected chi connectivity index (χ2v) is 5.40. The molecule has 0 heterocycles. The van der Waals surface area contributed by atoms with Crippen LogP contribution in [0.5, 0.6) is 5.75 Å². The summed E-state index contributed by atoms with van der Waals surface area (Å²) in [6.45, 7) is 6.53. The van der Waals surface area contributed by atoms with E-state index in [1.54, 1.807) is 11.8 Å². The van der Waals surface area contributed by atoms with E-state index in [0.29, 0.717) is 39.5 Å². The smallest absolute Gasteiger partial charge is 0.307 e. The van der Waals surface area contributed by atoms with Crippen LogP contribution in [0.2, 0.25) is 0 Å². The van der Waals surface area contributed by atoms with Gasteiger partial charge in [0.1, 0.15) is 5.75 Å². The fourth-order valence-corrected chi connectivity index (χ4v) is 2.25. The Morgan fingerprint density at radius 3 is 2.40 bits per heavy atom. The number of ether oxygens (including phenoxy) is 3. The summed E-state index contributed by atoms with van der Waals surface area (Å²) in [6.07, 6.45) is 1.21. The predicted octanol–water partition coefficient (Wildman–Crippen LogP) is 2.66. The van der Waals surface area contributed by atoms with Gasteiger partial charge in [-0.1, -0.05) is 18.2 Å². The van der Waals surface area contributed by atoms with Crippen LogP contribution in [0.1, 0.15) is 33.1 Å². The molecule has 0 unspecified atom stereocenters. The van der Waals surface area contributed by atoms with E-state index in [1.165, 1.54) is 0 Å². The van der Waals surface area contributed by atoms with Crippen molar-refractivity contribution >= 4 is 11.9 Å². The second kappa shape index (κ2) is 13.2. The maximum atomic E-state index is 12.4. The Morgan fingerprint density at radius 2 is 1.72 bits per heavy atom. The monoisotopic (exact) mass is 351 g/mol. The molecule has 0 N–H and O–H groups in total. The standard InChI is InChI=1S/C19H29NO5/c1-3-23-15-8-13-20(14-11-19(22)24-4-2)18(21)12-16-25-17-9-6-5-7-10-17/h5-7,9-10H,3-4,8,11-16H2,1-2H3. The van der Waals surface area contributed by atoms with Gasteiger partial charge in [-0.3, -0.25) is 9.59 Å². The van der Waals surface area contributed by atoms with Crippen LogP contribution in [0.3, 0.4) is 0 Å². The molecule has 6 nitrogen and oxygen atoms in total. The van der Waals surface area contributed by atoms with Crippen molar-refractivity contribution in [2.45, 2.75) is 33.1 Å². The molecule has 25 heavy (non-hydrogen) atoms. The van der Waals surface area contributed by atoms with E-state index < -0.39 is 0 Å².